The summed E-state index contributed by atoms with van der Waals surface area (Å²) in [7, 11) is 0. The Hall–Kier alpha value is -1.75. The number of phenolic OH excluding ortho intramolecular Hbond substituents is 1. The minimum absolute atomic E-state index is 0.0230. The second-order valence-electron chi connectivity index (χ2n) is 3.49. The number of aromatic nitrogens is 1. The summed E-state index contributed by atoms with van der Waals surface area (Å²) in [6.07, 6.45) is 3.41. The summed E-state index contributed by atoms with van der Waals surface area (Å²) in [4.78, 5) is 4.03. The molecule has 0 spiro atoms. The lowest BCUT2D eigenvalue weighted by atomic mass is 10.2. The maximum absolute atomic E-state index is 9.42. The van der Waals surface area contributed by atoms with Crippen LogP contribution in [0.25, 0.3) is 0 Å². The Labute approximate surface area is 107 Å². The second-order valence-corrected chi connectivity index (χ2v) is 4.40. The molecule has 0 aliphatic heterocycles. The van der Waals surface area contributed by atoms with Gasteiger partial charge in [-0.05, 0) is 34.1 Å². The minimum Gasteiger partial charge on any atom is -0.506 e. The largest absolute Gasteiger partial charge is 0.506 e. The summed E-state index contributed by atoms with van der Waals surface area (Å²) in [5.41, 5.74) is 6.84. The standard InChI is InChI=1S/C12H11BrN2O2/c13-9-4-8(5-15-6-9)7-17-11-3-1-2-10(16)12(11)14/h1-6,16H,7,14H2. The molecule has 0 radical (unpaired) electrons. The average molecular weight is 295 g/mol. The molecular weight excluding hydrogens is 284 g/mol. The van der Waals surface area contributed by atoms with Gasteiger partial charge in [0.25, 0.3) is 0 Å². The topological polar surface area (TPSA) is 68.4 Å². The molecular formula is C12H11BrN2O2. The van der Waals surface area contributed by atoms with Gasteiger partial charge in [0.1, 0.15) is 23.8 Å². The van der Waals surface area contributed by atoms with Gasteiger partial charge in [-0.3, -0.25) is 4.98 Å². The summed E-state index contributed by atoms with van der Waals surface area (Å²) >= 11 is 3.33. The maximum Gasteiger partial charge on any atom is 0.146 e. The predicted molar refractivity (Wildman–Crippen MR) is 68.8 cm³/mol. The molecule has 4 nitrogen and oxygen atoms in total. The first kappa shape index (κ1) is 11.7. The van der Waals surface area contributed by atoms with Crippen molar-refractivity contribution in [1.82, 2.24) is 4.98 Å². The lowest BCUT2D eigenvalue weighted by molar-refractivity contribution is 0.306. The number of halogens is 1. The van der Waals surface area contributed by atoms with Gasteiger partial charge in [-0.15, -0.1) is 0 Å². The van der Waals surface area contributed by atoms with Crippen molar-refractivity contribution in [2.75, 3.05) is 5.73 Å². The van der Waals surface area contributed by atoms with E-state index in [1.54, 1.807) is 24.5 Å². The molecule has 1 heterocycles. The van der Waals surface area contributed by atoms with E-state index in [-0.39, 0.29) is 11.4 Å². The highest BCUT2D eigenvalue weighted by atomic mass is 79.9. The fraction of sp³-hybridized carbons (Fsp3) is 0.0833. The number of hydrogen-bond donors (Lipinski definition) is 2. The number of pyridine rings is 1. The molecule has 0 fully saturated rings. The lowest BCUT2D eigenvalue weighted by Gasteiger charge is -2.09. The Morgan fingerprint density at radius 3 is 2.94 bits per heavy atom. The number of rotatable bonds is 3. The van der Waals surface area contributed by atoms with Crippen LogP contribution in [-0.2, 0) is 6.61 Å². The fourth-order valence-corrected chi connectivity index (χ4v) is 1.77. The number of nitrogens with zero attached hydrogens (tertiary/aromatic N) is 1. The molecule has 0 saturated carbocycles. The van der Waals surface area contributed by atoms with E-state index in [9.17, 15) is 5.11 Å². The van der Waals surface area contributed by atoms with Crippen molar-refractivity contribution < 1.29 is 9.84 Å². The Kier molecular flexibility index (Phi) is 3.49. The van der Waals surface area contributed by atoms with Crippen LogP contribution in [0, 0.1) is 0 Å². The van der Waals surface area contributed by atoms with Crippen molar-refractivity contribution in [2.24, 2.45) is 0 Å². The van der Waals surface area contributed by atoms with Crippen LogP contribution in [-0.4, -0.2) is 10.1 Å². The third kappa shape index (κ3) is 2.88. The molecule has 0 aliphatic rings. The van der Waals surface area contributed by atoms with Gasteiger partial charge in [0.05, 0.1) is 0 Å². The highest BCUT2D eigenvalue weighted by Crippen LogP contribution is 2.30. The second kappa shape index (κ2) is 5.05. The average Bonchev–Trinajstić information content (AvgIpc) is 2.31. The van der Waals surface area contributed by atoms with Crippen LogP contribution in [0.4, 0.5) is 5.69 Å². The van der Waals surface area contributed by atoms with Crippen LogP contribution in [0.3, 0.4) is 0 Å². The molecule has 0 bridgehead atoms. The number of hydrogen-bond acceptors (Lipinski definition) is 4. The van der Waals surface area contributed by atoms with Gasteiger partial charge >= 0.3 is 0 Å². The fourth-order valence-electron chi connectivity index (χ4n) is 1.35. The molecule has 88 valence electrons. The van der Waals surface area contributed by atoms with Crippen LogP contribution in [0.1, 0.15) is 5.56 Å². The molecule has 0 unspecified atom stereocenters. The molecule has 1 aromatic heterocycles. The minimum atomic E-state index is 0.0230. The molecule has 0 saturated heterocycles. The number of aromatic hydroxyl groups is 1. The third-order valence-electron chi connectivity index (χ3n) is 2.20. The van der Waals surface area contributed by atoms with E-state index in [0.29, 0.717) is 12.4 Å². The third-order valence-corrected chi connectivity index (χ3v) is 2.63. The normalized spacial score (nSPS) is 10.2. The van der Waals surface area contributed by atoms with Crippen LogP contribution in [0.15, 0.2) is 41.1 Å². The first-order chi connectivity index (χ1) is 8.16. The molecule has 5 heteroatoms. The number of ether oxygens (including phenoxy) is 1. The molecule has 0 amide bonds. The van der Waals surface area contributed by atoms with Gasteiger partial charge in [-0.2, -0.15) is 0 Å². The van der Waals surface area contributed by atoms with Crippen LogP contribution in [0.2, 0.25) is 0 Å². The number of nitrogen functional groups attached to an aromatic ring is 1. The lowest BCUT2D eigenvalue weighted by Crippen LogP contribution is -1.99. The zero-order valence-corrected chi connectivity index (χ0v) is 10.5. The van der Waals surface area contributed by atoms with Crippen LogP contribution >= 0.6 is 15.9 Å². The molecule has 0 atom stereocenters. The van der Waals surface area contributed by atoms with Crippen molar-refractivity contribution in [3.63, 3.8) is 0 Å². The van der Waals surface area contributed by atoms with Crippen molar-refractivity contribution in [3.8, 4) is 11.5 Å². The van der Waals surface area contributed by atoms with Crippen molar-refractivity contribution in [2.45, 2.75) is 6.61 Å². The van der Waals surface area contributed by atoms with Gasteiger partial charge in [-0.25, -0.2) is 0 Å². The van der Waals surface area contributed by atoms with E-state index in [2.05, 4.69) is 20.9 Å². The predicted octanol–water partition coefficient (Wildman–Crippen LogP) is 2.71. The number of benzene rings is 1. The van der Waals surface area contributed by atoms with Gasteiger partial charge < -0.3 is 15.6 Å². The molecule has 2 aromatic rings. The highest BCUT2D eigenvalue weighted by Gasteiger charge is 2.05. The van der Waals surface area contributed by atoms with Crippen molar-refractivity contribution >= 4 is 21.6 Å². The zero-order chi connectivity index (χ0) is 12.3. The summed E-state index contributed by atoms with van der Waals surface area (Å²) in [6.45, 7) is 0.347. The molecule has 3 N–H and O–H groups in total. The van der Waals surface area contributed by atoms with Crippen LogP contribution < -0.4 is 10.5 Å². The number of para-hydroxylation sites is 1. The Bertz CT molecular complexity index is 532. The van der Waals surface area contributed by atoms with E-state index >= 15 is 0 Å². The monoisotopic (exact) mass is 294 g/mol. The van der Waals surface area contributed by atoms with Gasteiger partial charge in [-0.1, -0.05) is 6.07 Å². The summed E-state index contributed by atoms with van der Waals surface area (Å²) < 4.78 is 6.40. The number of phenols is 1. The molecule has 17 heavy (non-hydrogen) atoms. The smallest absolute Gasteiger partial charge is 0.146 e. The summed E-state index contributed by atoms with van der Waals surface area (Å²) in [6, 6.07) is 6.81. The van der Waals surface area contributed by atoms with Gasteiger partial charge in [0.15, 0.2) is 0 Å². The molecule has 2 rings (SSSR count). The van der Waals surface area contributed by atoms with E-state index in [1.807, 2.05) is 6.07 Å². The highest BCUT2D eigenvalue weighted by molar-refractivity contribution is 9.10. The van der Waals surface area contributed by atoms with Crippen molar-refractivity contribution in [3.05, 3.63) is 46.7 Å². The van der Waals surface area contributed by atoms with Crippen LogP contribution in [0.5, 0.6) is 11.5 Å². The van der Waals surface area contributed by atoms with Gasteiger partial charge in [0.2, 0.25) is 0 Å². The van der Waals surface area contributed by atoms with E-state index in [1.165, 1.54) is 6.07 Å². The SMILES string of the molecule is Nc1c(O)cccc1OCc1cncc(Br)c1. The molecule has 1 aromatic carbocycles. The maximum atomic E-state index is 9.42. The van der Waals surface area contributed by atoms with E-state index in [0.717, 1.165) is 10.0 Å². The van der Waals surface area contributed by atoms with Gasteiger partial charge in [0, 0.05) is 22.4 Å². The molecule has 0 aliphatic carbocycles. The van der Waals surface area contributed by atoms with Crippen molar-refractivity contribution in [1.29, 1.82) is 0 Å². The first-order valence-electron chi connectivity index (χ1n) is 4.96. The Balaban J connectivity index is 2.10. The Morgan fingerprint density at radius 2 is 2.18 bits per heavy atom. The summed E-state index contributed by atoms with van der Waals surface area (Å²) in [5, 5.41) is 9.42. The zero-order valence-electron chi connectivity index (χ0n) is 8.93. The number of anilines is 1. The number of nitrogens with two attached hydrogens (primary N) is 1. The van der Waals surface area contributed by atoms with E-state index < -0.39 is 0 Å². The quantitative estimate of drug-likeness (QED) is 0.675. The summed E-state index contributed by atoms with van der Waals surface area (Å²) in [5.74, 6) is 0.486. The van der Waals surface area contributed by atoms with E-state index in [4.69, 9.17) is 10.5 Å². The Morgan fingerprint density at radius 1 is 1.35 bits per heavy atom. The first-order valence-corrected chi connectivity index (χ1v) is 5.76.